The summed E-state index contributed by atoms with van der Waals surface area (Å²) < 4.78 is 17.1. The summed E-state index contributed by atoms with van der Waals surface area (Å²) in [7, 11) is 1.94. The van der Waals surface area contributed by atoms with Gasteiger partial charge in [0.05, 0.1) is 16.4 Å². The molecule has 0 amide bonds. The van der Waals surface area contributed by atoms with Gasteiger partial charge in [-0.15, -0.1) is 0 Å². The Morgan fingerprint density at radius 1 is 1.10 bits per heavy atom. The molecule has 0 aliphatic carbocycles. The minimum absolute atomic E-state index is 0.280. The Morgan fingerprint density at radius 2 is 1.84 bits per heavy atom. The first-order valence-corrected chi connectivity index (χ1v) is 10.7. The number of halogens is 1. The van der Waals surface area contributed by atoms with Gasteiger partial charge in [-0.1, -0.05) is 0 Å². The third-order valence-corrected chi connectivity index (χ3v) is 6.21. The van der Waals surface area contributed by atoms with Crippen molar-refractivity contribution in [3.63, 3.8) is 0 Å². The van der Waals surface area contributed by atoms with Gasteiger partial charge < -0.3 is 15.5 Å². The van der Waals surface area contributed by atoms with Crippen LogP contribution in [0.25, 0.3) is 21.8 Å². The van der Waals surface area contributed by atoms with E-state index < -0.39 is 0 Å². The van der Waals surface area contributed by atoms with Crippen molar-refractivity contribution in [1.82, 2.24) is 25.3 Å². The highest BCUT2D eigenvalue weighted by Crippen LogP contribution is 2.33. The molecule has 4 aromatic rings. The smallest absolute Gasteiger partial charge is 0.163 e. The summed E-state index contributed by atoms with van der Waals surface area (Å²) in [6, 6.07) is 8.38. The van der Waals surface area contributed by atoms with Gasteiger partial charge in [-0.25, -0.2) is 4.39 Å². The van der Waals surface area contributed by atoms with Crippen LogP contribution in [0.2, 0.25) is 0 Å². The second kappa shape index (κ2) is 7.23. The summed E-state index contributed by atoms with van der Waals surface area (Å²) in [6.45, 7) is 10.1. The molecule has 31 heavy (non-hydrogen) atoms. The lowest BCUT2D eigenvalue weighted by molar-refractivity contribution is 0.407. The molecule has 3 heterocycles. The third kappa shape index (κ3) is 3.40. The minimum atomic E-state index is -0.280. The van der Waals surface area contributed by atoms with Crippen LogP contribution in [0.15, 0.2) is 24.3 Å². The zero-order chi connectivity index (χ0) is 21.9. The fraction of sp³-hybridized carbons (Fsp3) is 0.391. The van der Waals surface area contributed by atoms with Gasteiger partial charge in [-0.2, -0.15) is 10.2 Å². The Labute approximate surface area is 180 Å². The van der Waals surface area contributed by atoms with E-state index in [4.69, 9.17) is 0 Å². The molecule has 0 spiro atoms. The fourth-order valence-electron chi connectivity index (χ4n) is 4.70. The lowest BCUT2D eigenvalue weighted by atomic mass is 10.1. The Morgan fingerprint density at radius 3 is 2.58 bits per heavy atom. The molecule has 2 atom stereocenters. The van der Waals surface area contributed by atoms with Crippen LogP contribution >= 0.6 is 0 Å². The standard InChI is InChI=1S/C23H28FN7/c1-12-6-16(7-18-15(4)30(5)29-22(12)18)26-23-21-19(24)8-17(9-20(21)27-28-23)31-10-13(2)25-14(3)11-31/h6-9,13-14,25H,10-11H2,1-5H3,(H2,26,27,28)/t13-,14-/m1/s1. The molecule has 8 heteroatoms. The van der Waals surface area contributed by atoms with Crippen molar-refractivity contribution in [1.29, 1.82) is 0 Å². The van der Waals surface area contributed by atoms with E-state index in [1.807, 2.05) is 43.8 Å². The molecule has 1 saturated heterocycles. The van der Waals surface area contributed by atoms with Crippen LogP contribution in [0.1, 0.15) is 25.1 Å². The van der Waals surface area contributed by atoms with Crippen molar-refractivity contribution in [3.05, 3.63) is 41.3 Å². The lowest BCUT2D eigenvalue weighted by Crippen LogP contribution is -2.54. The van der Waals surface area contributed by atoms with Crippen molar-refractivity contribution in [2.75, 3.05) is 23.3 Å². The average molecular weight is 422 g/mol. The molecule has 162 valence electrons. The third-order valence-electron chi connectivity index (χ3n) is 6.21. The van der Waals surface area contributed by atoms with Crippen molar-refractivity contribution in [2.45, 2.75) is 39.8 Å². The van der Waals surface area contributed by atoms with Crippen LogP contribution in [-0.4, -0.2) is 45.2 Å². The van der Waals surface area contributed by atoms with Crippen LogP contribution in [0.4, 0.5) is 21.6 Å². The number of rotatable bonds is 3. The van der Waals surface area contributed by atoms with E-state index in [1.54, 1.807) is 6.07 Å². The molecule has 1 aliphatic rings. The molecule has 0 radical (unpaired) electrons. The summed E-state index contributed by atoms with van der Waals surface area (Å²) in [4.78, 5) is 2.23. The van der Waals surface area contributed by atoms with Crippen LogP contribution in [0.5, 0.6) is 0 Å². The van der Waals surface area contributed by atoms with E-state index in [0.717, 1.165) is 46.6 Å². The number of aryl methyl sites for hydroxylation is 3. The number of nitrogens with one attached hydrogen (secondary N) is 3. The van der Waals surface area contributed by atoms with Gasteiger partial charge in [0.25, 0.3) is 0 Å². The molecule has 0 bridgehead atoms. The van der Waals surface area contributed by atoms with Gasteiger partial charge >= 0.3 is 0 Å². The van der Waals surface area contributed by atoms with Crippen molar-refractivity contribution in [2.24, 2.45) is 7.05 Å². The molecule has 5 rings (SSSR count). The van der Waals surface area contributed by atoms with Gasteiger partial charge in [0.15, 0.2) is 5.82 Å². The van der Waals surface area contributed by atoms with Crippen LogP contribution in [-0.2, 0) is 7.05 Å². The first-order valence-electron chi connectivity index (χ1n) is 10.7. The van der Waals surface area contributed by atoms with Gasteiger partial charge in [0.2, 0.25) is 0 Å². The van der Waals surface area contributed by atoms with Gasteiger partial charge in [0.1, 0.15) is 5.82 Å². The highest BCUT2D eigenvalue weighted by Gasteiger charge is 2.23. The first kappa shape index (κ1) is 19.8. The maximum atomic E-state index is 15.2. The summed E-state index contributed by atoms with van der Waals surface area (Å²) in [5.41, 5.74) is 5.56. The number of H-pyrrole nitrogens is 1. The summed E-state index contributed by atoms with van der Waals surface area (Å²) in [5.74, 6) is 0.208. The topological polar surface area (TPSA) is 73.8 Å². The Bertz CT molecular complexity index is 1280. The zero-order valence-electron chi connectivity index (χ0n) is 18.5. The van der Waals surface area contributed by atoms with Crippen molar-refractivity contribution >= 4 is 39.0 Å². The number of nitrogens with zero attached hydrogens (tertiary/aromatic N) is 4. The minimum Gasteiger partial charge on any atom is -0.368 e. The van der Waals surface area contributed by atoms with E-state index in [9.17, 15) is 0 Å². The zero-order valence-corrected chi connectivity index (χ0v) is 18.5. The second-order valence-corrected chi connectivity index (χ2v) is 8.82. The molecule has 3 N–H and O–H groups in total. The average Bonchev–Trinajstić information content (AvgIpc) is 3.23. The maximum Gasteiger partial charge on any atom is 0.163 e. The number of hydrogen-bond acceptors (Lipinski definition) is 5. The van der Waals surface area contributed by atoms with Gasteiger partial charge in [0, 0.05) is 54.7 Å². The number of anilines is 3. The SMILES string of the molecule is Cc1cc(Nc2n[nH]c3cc(N4C[C@@H](C)N[C@H](C)C4)cc(F)c23)cc2c(C)n(C)nc12. The van der Waals surface area contributed by atoms with E-state index in [1.165, 1.54) is 0 Å². The maximum absolute atomic E-state index is 15.2. The van der Waals surface area contributed by atoms with Crippen LogP contribution in [0, 0.1) is 19.7 Å². The molecular formula is C23H28FN7. The predicted octanol–water partition coefficient (Wildman–Crippen LogP) is 4.14. The number of aromatic nitrogens is 4. The Hall–Kier alpha value is -3.13. The number of benzene rings is 2. The second-order valence-electron chi connectivity index (χ2n) is 8.82. The molecule has 2 aromatic heterocycles. The van der Waals surface area contributed by atoms with Gasteiger partial charge in [-0.3, -0.25) is 9.78 Å². The number of hydrogen-bond donors (Lipinski definition) is 3. The van der Waals surface area contributed by atoms with E-state index in [0.29, 0.717) is 28.8 Å². The highest BCUT2D eigenvalue weighted by atomic mass is 19.1. The number of piperazine rings is 1. The van der Waals surface area contributed by atoms with Crippen molar-refractivity contribution in [3.8, 4) is 0 Å². The van der Waals surface area contributed by atoms with Crippen LogP contribution in [0.3, 0.4) is 0 Å². The summed E-state index contributed by atoms with van der Waals surface area (Å²) in [5, 5.41) is 20.3. The number of fused-ring (bicyclic) bond motifs is 2. The van der Waals surface area contributed by atoms with Crippen molar-refractivity contribution < 1.29 is 4.39 Å². The van der Waals surface area contributed by atoms with E-state index in [2.05, 4.69) is 44.7 Å². The highest BCUT2D eigenvalue weighted by molar-refractivity contribution is 5.95. The lowest BCUT2D eigenvalue weighted by Gasteiger charge is -2.37. The van der Waals surface area contributed by atoms with E-state index in [-0.39, 0.29) is 5.82 Å². The largest absolute Gasteiger partial charge is 0.368 e. The van der Waals surface area contributed by atoms with Gasteiger partial charge in [-0.05, 0) is 57.5 Å². The summed E-state index contributed by atoms with van der Waals surface area (Å²) in [6.07, 6.45) is 0. The number of aromatic amines is 1. The molecule has 2 aromatic carbocycles. The molecule has 7 nitrogen and oxygen atoms in total. The molecule has 1 fully saturated rings. The summed E-state index contributed by atoms with van der Waals surface area (Å²) >= 11 is 0. The first-order chi connectivity index (χ1) is 14.8. The Balaban J connectivity index is 1.50. The van der Waals surface area contributed by atoms with Crippen LogP contribution < -0.4 is 15.5 Å². The molecule has 0 saturated carbocycles. The quantitative estimate of drug-likeness (QED) is 0.464. The molecular weight excluding hydrogens is 393 g/mol. The predicted molar refractivity (Wildman–Crippen MR) is 124 cm³/mol. The fourth-order valence-corrected chi connectivity index (χ4v) is 4.70. The van der Waals surface area contributed by atoms with E-state index >= 15 is 4.39 Å². The molecule has 0 unspecified atom stereocenters. The monoisotopic (exact) mass is 421 g/mol. The molecule has 1 aliphatic heterocycles. The Kier molecular flexibility index (Phi) is 4.62. The normalized spacial score (nSPS) is 19.5.